The average molecular weight is 210 g/mol. The predicted octanol–water partition coefficient (Wildman–Crippen LogP) is -0.0152. The van der Waals surface area contributed by atoms with Crippen LogP contribution < -0.4 is 5.32 Å². The van der Waals surface area contributed by atoms with Crippen LogP contribution in [0.25, 0.3) is 0 Å². The molecule has 0 aliphatic carbocycles. The van der Waals surface area contributed by atoms with Crippen molar-refractivity contribution in [3.8, 4) is 0 Å². The van der Waals surface area contributed by atoms with Crippen LogP contribution in [0.15, 0.2) is 0 Å². The normalized spacial score (nSPS) is 15.1. The van der Waals surface area contributed by atoms with Gasteiger partial charge < -0.3 is 15.2 Å². The van der Waals surface area contributed by atoms with Gasteiger partial charge in [0.05, 0.1) is 19.3 Å². The van der Waals surface area contributed by atoms with Gasteiger partial charge in [0.25, 0.3) is 0 Å². The summed E-state index contributed by atoms with van der Waals surface area (Å²) in [5, 5.41) is 11.5. The van der Waals surface area contributed by atoms with Crippen molar-refractivity contribution < 1.29 is 14.6 Å². The molecule has 0 bridgehead atoms. The minimum absolute atomic E-state index is 0.130. The SMILES string of the molecule is COCC(CO)NC(=O)C(C)CCl. The van der Waals surface area contributed by atoms with E-state index in [2.05, 4.69) is 5.32 Å². The molecule has 0 spiro atoms. The number of hydrogen-bond donors (Lipinski definition) is 2. The average Bonchev–Trinajstić information content (AvgIpc) is 2.15. The zero-order valence-electron chi connectivity index (χ0n) is 7.92. The van der Waals surface area contributed by atoms with Gasteiger partial charge in [0, 0.05) is 18.9 Å². The standard InChI is InChI=1S/C8H16ClNO3/c1-6(3-9)8(12)10-7(4-11)5-13-2/h6-7,11H,3-5H2,1-2H3,(H,10,12). The van der Waals surface area contributed by atoms with Crippen LogP contribution in [0.5, 0.6) is 0 Å². The van der Waals surface area contributed by atoms with Crippen molar-refractivity contribution in [1.29, 1.82) is 0 Å². The Morgan fingerprint density at radius 3 is 2.69 bits per heavy atom. The molecule has 5 heteroatoms. The van der Waals surface area contributed by atoms with Crippen LogP contribution in [0.1, 0.15) is 6.92 Å². The fourth-order valence-corrected chi connectivity index (χ4v) is 0.895. The van der Waals surface area contributed by atoms with Crippen molar-refractivity contribution >= 4 is 17.5 Å². The second-order valence-electron chi connectivity index (χ2n) is 2.90. The van der Waals surface area contributed by atoms with Crippen LogP contribution in [0.4, 0.5) is 0 Å². The summed E-state index contributed by atoms with van der Waals surface area (Å²) in [7, 11) is 1.51. The molecule has 0 aliphatic rings. The Balaban J connectivity index is 3.85. The van der Waals surface area contributed by atoms with Crippen LogP contribution in [-0.2, 0) is 9.53 Å². The third-order valence-electron chi connectivity index (χ3n) is 1.61. The Hall–Kier alpha value is -0.320. The van der Waals surface area contributed by atoms with E-state index >= 15 is 0 Å². The third kappa shape index (κ3) is 5.08. The first kappa shape index (κ1) is 12.7. The van der Waals surface area contributed by atoms with Crippen molar-refractivity contribution in [3.05, 3.63) is 0 Å². The molecule has 0 aromatic carbocycles. The predicted molar refractivity (Wildman–Crippen MR) is 50.8 cm³/mol. The maximum Gasteiger partial charge on any atom is 0.224 e. The van der Waals surface area contributed by atoms with E-state index in [1.165, 1.54) is 7.11 Å². The van der Waals surface area contributed by atoms with Crippen LogP contribution in [-0.4, -0.2) is 43.3 Å². The molecule has 0 rings (SSSR count). The fraction of sp³-hybridized carbons (Fsp3) is 0.875. The molecule has 0 heterocycles. The number of rotatable bonds is 6. The minimum Gasteiger partial charge on any atom is -0.394 e. The Kier molecular flexibility index (Phi) is 6.94. The van der Waals surface area contributed by atoms with Gasteiger partial charge in [-0.1, -0.05) is 6.92 Å². The van der Waals surface area contributed by atoms with Gasteiger partial charge in [-0.2, -0.15) is 0 Å². The Bertz CT molecular complexity index is 154. The molecule has 0 saturated carbocycles. The molecule has 4 nitrogen and oxygen atoms in total. The van der Waals surface area contributed by atoms with Gasteiger partial charge in [-0.25, -0.2) is 0 Å². The van der Waals surface area contributed by atoms with E-state index in [1.807, 2.05) is 0 Å². The molecule has 1 amide bonds. The highest BCUT2D eigenvalue weighted by atomic mass is 35.5. The number of carbonyl (C=O) groups excluding carboxylic acids is 1. The Morgan fingerprint density at radius 2 is 2.31 bits per heavy atom. The van der Waals surface area contributed by atoms with E-state index in [9.17, 15) is 4.79 Å². The van der Waals surface area contributed by atoms with Gasteiger partial charge in [0.1, 0.15) is 0 Å². The smallest absolute Gasteiger partial charge is 0.224 e. The van der Waals surface area contributed by atoms with Gasteiger partial charge >= 0.3 is 0 Å². The highest BCUT2D eigenvalue weighted by molar-refractivity contribution is 6.19. The van der Waals surface area contributed by atoms with Crippen molar-refractivity contribution in [1.82, 2.24) is 5.32 Å². The number of amides is 1. The van der Waals surface area contributed by atoms with Crippen molar-refractivity contribution in [2.24, 2.45) is 5.92 Å². The largest absolute Gasteiger partial charge is 0.394 e. The summed E-state index contributed by atoms with van der Waals surface area (Å²) in [6.45, 7) is 1.90. The molecule has 13 heavy (non-hydrogen) atoms. The number of ether oxygens (including phenoxy) is 1. The Labute approximate surface area is 83.2 Å². The molecule has 0 aromatic heterocycles. The third-order valence-corrected chi connectivity index (χ3v) is 2.08. The lowest BCUT2D eigenvalue weighted by molar-refractivity contribution is -0.125. The summed E-state index contributed by atoms with van der Waals surface area (Å²) in [5.74, 6) is -0.129. The molecule has 2 N–H and O–H groups in total. The number of alkyl halides is 1. The molecule has 0 saturated heterocycles. The number of hydrogen-bond acceptors (Lipinski definition) is 3. The first-order valence-corrected chi connectivity index (χ1v) is 4.65. The highest BCUT2D eigenvalue weighted by Crippen LogP contribution is 1.98. The maximum absolute atomic E-state index is 11.3. The van der Waals surface area contributed by atoms with E-state index in [1.54, 1.807) is 6.92 Å². The summed E-state index contributed by atoms with van der Waals surface area (Å²) in [6.07, 6.45) is 0. The second-order valence-corrected chi connectivity index (χ2v) is 3.21. The zero-order valence-corrected chi connectivity index (χ0v) is 8.67. The van der Waals surface area contributed by atoms with Crippen LogP contribution >= 0.6 is 11.6 Å². The molecule has 2 unspecified atom stereocenters. The van der Waals surface area contributed by atoms with E-state index in [-0.39, 0.29) is 30.4 Å². The maximum atomic E-state index is 11.3. The molecule has 0 aliphatic heterocycles. The fourth-order valence-electron chi connectivity index (χ4n) is 0.755. The van der Waals surface area contributed by atoms with E-state index in [0.29, 0.717) is 6.61 Å². The second kappa shape index (κ2) is 7.12. The van der Waals surface area contributed by atoms with Crippen molar-refractivity contribution in [2.45, 2.75) is 13.0 Å². The molecule has 78 valence electrons. The van der Waals surface area contributed by atoms with Gasteiger partial charge in [-0.3, -0.25) is 4.79 Å². The molecule has 0 radical (unpaired) electrons. The zero-order chi connectivity index (χ0) is 10.3. The Morgan fingerprint density at radius 1 is 1.69 bits per heavy atom. The highest BCUT2D eigenvalue weighted by Gasteiger charge is 2.15. The number of aliphatic hydroxyl groups is 1. The van der Waals surface area contributed by atoms with Crippen LogP contribution in [0.2, 0.25) is 0 Å². The first-order chi connectivity index (χ1) is 6.15. The number of methoxy groups -OCH3 is 1. The number of carbonyl (C=O) groups is 1. The van der Waals surface area contributed by atoms with Gasteiger partial charge in [-0.15, -0.1) is 11.6 Å². The summed E-state index contributed by atoms with van der Waals surface area (Å²) >= 11 is 5.50. The summed E-state index contributed by atoms with van der Waals surface area (Å²) in [6, 6.07) is -0.344. The number of halogens is 1. The molecular formula is C8H16ClNO3. The lowest BCUT2D eigenvalue weighted by atomic mass is 10.2. The van der Waals surface area contributed by atoms with E-state index in [0.717, 1.165) is 0 Å². The van der Waals surface area contributed by atoms with E-state index < -0.39 is 0 Å². The van der Waals surface area contributed by atoms with Crippen LogP contribution in [0.3, 0.4) is 0 Å². The van der Waals surface area contributed by atoms with Gasteiger partial charge in [0.15, 0.2) is 0 Å². The van der Waals surface area contributed by atoms with Crippen molar-refractivity contribution in [3.63, 3.8) is 0 Å². The topological polar surface area (TPSA) is 58.6 Å². The summed E-state index contributed by atoms with van der Waals surface area (Å²) < 4.78 is 4.80. The van der Waals surface area contributed by atoms with Crippen molar-refractivity contribution in [2.75, 3.05) is 26.2 Å². The first-order valence-electron chi connectivity index (χ1n) is 4.11. The monoisotopic (exact) mass is 209 g/mol. The minimum atomic E-state index is -0.344. The van der Waals surface area contributed by atoms with E-state index in [4.69, 9.17) is 21.4 Å². The van der Waals surface area contributed by atoms with Gasteiger partial charge in [-0.05, 0) is 0 Å². The summed E-state index contributed by atoms with van der Waals surface area (Å²) in [4.78, 5) is 11.3. The molecule has 0 aromatic rings. The summed E-state index contributed by atoms with van der Waals surface area (Å²) in [5.41, 5.74) is 0. The number of aliphatic hydroxyl groups excluding tert-OH is 1. The molecule has 2 atom stereocenters. The van der Waals surface area contributed by atoms with Gasteiger partial charge in [0.2, 0.25) is 5.91 Å². The molecular weight excluding hydrogens is 194 g/mol. The number of nitrogens with one attached hydrogen (secondary N) is 1. The lowest BCUT2D eigenvalue weighted by Crippen LogP contribution is -2.43. The lowest BCUT2D eigenvalue weighted by Gasteiger charge is -2.17. The van der Waals surface area contributed by atoms with Crippen LogP contribution in [0, 0.1) is 5.92 Å². The quantitative estimate of drug-likeness (QED) is 0.605. The molecule has 0 fully saturated rings.